The summed E-state index contributed by atoms with van der Waals surface area (Å²) >= 11 is 0. The number of unbranched alkanes of at least 4 members (excludes halogenated alkanes) is 1. The molecule has 1 aromatic carbocycles. The van der Waals surface area contributed by atoms with Gasteiger partial charge in [-0.2, -0.15) is 0 Å². The first-order chi connectivity index (χ1) is 12.6. The largest absolute Gasteiger partial charge is 0.461 e. The molecule has 5 nitrogen and oxygen atoms in total. The number of fused-ring (bicyclic) bond motifs is 5. The average Bonchev–Trinajstić information content (AvgIpc) is 3.40. The van der Waals surface area contributed by atoms with Crippen molar-refractivity contribution < 1.29 is 23.9 Å². The van der Waals surface area contributed by atoms with Crippen molar-refractivity contribution in [2.45, 2.75) is 68.9 Å². The Morgan fingerprint density at radius 1 is 1.27 bits per heavy atom. The number of rotatable bonds is 7. The van der Waals surface area contributed by atoms with Gasteiger partial charge in [-0.1, -0.05) is 43.7 Å². The summed E-state index contributed by atoms with van der Waals surface area (Å²) in [5.74, 6) is -0.898. The molecule has 1 N–H and O–H groups in total. The van der Waals surface area contributed by atoms with Crippen LogP contribution in [0.3, 0.4) is 0 Å². The molecule has 0 amide bonds. The molecule has 0 saturated carbocycles. The molecule has 5 atom stereocenters. The molecule has 142 valence electrons. The fourth-order valence-corrected chi connectivity index (χ4v) is 5.23. The van der Waals surface area contributed by atoms with Crippen LogP contribution in [0.15, 0.2) is 30.3 Å². The van der Waals surface area contributed by atoms with Crippen LogP contribution >= 0.6 is 0 Å². The van der Waals surface area contributed by atoms with Crippen LogP contribution in [0.4, 0.5) is 0 Å². The maximum absolute atomic E-state index is 12.7. The number of ether oxygens (including phenoxy) is 2. The monoisotopic (exact) mass is 360 g/mol. The maximum Gasteiger partial charge on any atom is 0.316 e. The first kappa shape index (κ1) is 18.0. The molecule has 1 aromatic rings. The Labute approximate surface area is 155 Å². The van der Waals surface area contributed by atoms with Gasteiger partial charge in [0.2, 0.25) is 0 Å². The number of esters is 1. The minimum Gasteiger partial charge on any atom is -0.461 e. The second kappa shape index (κ2) is 6.95. The fourth-order valence-electron chi connectivity index (χ4n) is 5.23. The molecular weight excluding hydrogens is 330 g/mol. The van der Waals surface area contributed by atoms with Crippen molar-refractivity contribution in [3.63, 3.8) is 0 Å². The van der Waals surface area contributed by atoms with Gasteiger partial charge in [-0.3, -0.25) is 4.79 Å². The number of nitrogens with zero attached hydrogens (tertiary/aromatic N) is 1. The number of aliphatic hydroxyl groups is 1. The summed E-state index contributed by atoms with van der Waals surface area (Å²) < 4.78 is 12.9. The van der Waals surface area contributed by atoms with Gasteiger partial charge >= 0.3 is 5.97 Å². The van der Waals surface area contributed by atoms with E-state index < -0.39 is 5.92 Å². The summed E-state index contributed by atoms with van der Waals surface area (Å²) in [6.07, 6.45) is 4.83. The molecule has 3 heterocycles. The number of epoxide rings is 1. The molecule has 3 saturated heterocycles. The minimum atomic E-state index is -0.595. The number of quaternary nitrogens is 1. The number of aliphatic hydroxyl groups excluding tert-OH is 1. The number of hydrogen-bond donors (Lipinski definition) is 1. The predicted octanol–water partition coefficient (Wildman–Crippen LogP) is 2.23. The van der Waals surface area contributed by atoms with Crippen LogP contribution in [-0.4, -0.2) is 66.2 Å². The van der Waals surface area contributed by atoms with E-state index in [1.807, 2.05) is 30.3 Å². The molecule has 5 heteroatoms. The van der Waals surface area contributed by atoms with E-state index in [-0.39, 0.29) is 18.7 Å². The molecule has 0 aliphatic carbocycles. The fraction of sp³-hybridized carbons (Fsp3) is 0.667. The van der Waals surface area contributed by atoms with E-state index in [1.54, 1.807) is 0 Å². The number of piperidine rings is 1. The smallest absolute Gasteiger partial charge is 0.316 e. The standard InChI is InChI=1S/C21H30NO4/c1-3-4-10-22(2)17-11-15(12-18(22)20-19(17)26-20)25-21(24)16(13-23)14-8-6-5-7-9-14/h5-9,15-20,23H,3-4,10-13H2,1-2H3/q+1/t15?,16-,17-,18-,19-,20-,22?/m0/s1. The van der Waals surface area contributed by atoms with Crippen LogP contribution in [0.1, 0.15) is 44.1 Å². The molecule has 3 aliphatic rings. The normalized spacial score (nSPS) is 38.5. The highest BCUT2D eigenvalue weighted by atomic mass is 16.6. The molecule has 0 spiro atoms. The van der Waals surface area contributed by atoms with E-state index in [2.05, 4.69) is 14.0 Å². The van der Waals surface area contributed by atoms with Gasteiger partial charge in [0.25, 0.3) is 0 Å². The van der Waals surface area contributed by atoms with Gasteiger partial charge in [0.05, 0.1) is 20.2 Å². The highest BCUT2D eigenvalue weighted by molar-refractivity contribution is 5.78. The molecule has 0 radical (unpaired) electrons. The third kappa shape index (κ3) is 2.96. The van der Waals surface area contributed by atoms with E-state index >= 15 is 0 Å². The Hall–Kier alpha value is -1.43. The Morgan fingerprint density at radius 2 is 1.92 bits per heavy atom. The van der Waals surface area contributed by atoms with Gasteiger partial charge in [0, 0.05) is 12.8 Å². The van der Waals surface area contributed by atoms with Crippen LogP contribution in [0.25, 0.3) is 0 Å². The van der Waals surface area contributed by atoms with E-state index in [0.29, 0.717) is 24.3 Å². The van der Waals surface area contributed by atoms with Crippen molar-refractivity contribution in [2.24, 2.45) is 0 Å². The van der Waals surface area contributed by atoms with Crippen LogP contribution in [0, 0.1) is 0 Å². The Balaban J connectivity index is 1.42. The Morgan fingerprint density at radius 3 is 2.50 bits per heavy atom. The van der Waals surface area contributed by atoms with E-state index in [9.17, 15) is 9.90 Å². The first-order valence-corrected chi connectivity index (χ1v) is 9.95. The van der Waals surface area contributed by atoms with Gasteiger partial charge < -0.3 is 19.1 Å². The van der Waals surface area contributed by atoms with Crippen molar-refractivity contribution in [3.05, 3.63) is 35.9 Å². The molecular formula is C21H30NO4+. The van der Waals surface area contributed by atoms with Crippen LogP contribution in [0.2, 0.25) is 0 Å². The molecule has 2 bridgehead atoms. The van der Waals surface area contributed by atoms with E-state index in [4.69, 9.17) is 9.47 Å². The van der Waals surface area contributed by atoms with Gasteiger partial charge in [0.1, 0.15) is 36.3 Å². The van der Waals surface area contributed by atoms with Gasteiger partial charge in [-0.15, -0.1) is 0 Å². The van der Waals surface area contributed by atoms with Crippen molar-refractivity contribution >= 4 is 5.97 Å². The zero-order valence-corrected chi connectivity index (χ0v) is 15.7. The van der Waals surface area contributed by atoms with Crippen molar-refractivity contribution in [3.8, 4) is 0 Å². The number of benzene rings is 1. The van der Waals surface area contributed by atoms with Crippen LogP contribution in [0.5, 0.6) is 0 Å². The number of likely N-dealkylation sites (N-methyl/N-ethyl adjacent to an activating group) is 1. The molecule has 26 heavy (non-hydrogen) atoms. The predicted molar refractivity (Wildman–Crippen MR) is 97.6 cm³/mol. The number of hydrogen-bond acceptors (Lipinski definition) is 4. The second-order valence-electron chi connectivity index (χ2n) is 8.30. The lowest BCUT2D eigenvalue weighted by atomic mass is 9.94. The molecule has 3 aliphatic heterocycles. The van der Waals surface area contributed by atoms with Crippen LogP contribution < -0.4 is 0 Å². The number of carbonyl (C=O) groups is 1. The zero-order chi connectivity index (χ0) is 18.3. The van der Waals surface area contributed by atoms with E-state index in [1.165, 1.54) is 19.4 Å². The minimum absolute atomic E-state index is 0.0560. The number of carbonyl (C=O) groups excluding carboxylic acids is 1. The Kier molecular flexibility index (Phi) is 4.80. The Bertz CT molecular complexity index is 631. The second-order valence-corrected chi connectivity index (χ2v) is 8.30. The molecule has 3 fully saturated rings. The summed E-state index contributed by atoms with van der Waals surface area (Å²) in [6.45, 7) is 3.20. The summed E-state index contributed by atoms with van der Waals surface area (Å²) in [5.41, 5.74) is 0.813. The summed E-state index contributed by atoms with van der Waals surface area (Å²) in [4.78, 5) is 12.7. The average molecular weight is 360 g/mol. The van der Waals surface area contributed by atoms with Gasteiger partial charge in [-0.05, 0) is 12.0 Å². The van der Waals surface area contributed by atoms with Gasteiger partial charge in [-0.25, -0.2) is 0 Å². The lowest BCUT2D eigenvalue weighted by molar-refractivity contribution is -0.956. The highest BCUT2D eigenvalue weighted by Crippen LogP contribution is 2.52. The maximum atomic E-state index is 12.7. The SMILES string of the molecule is CCCC[N+]1(C)[C@H]2CC(OC(=O)[C@@H](CO)c3ccccc3)C[C@H]1[C@@H]1O[C@H]12. The van der Waals surface area contributed by atoms with Crippen molar-refractivity contribution in [1.29, 1.82) is 0 Å². The quantitative estimate of drug-likeness (QED) is 0.460. The van der Waals surface area contributed by atoms with Crippen LogP contribution in [-0.2, 0) is 14.3 Å². The third-order valence-electron chi connectivity index (χ3n) is 6.79. The molecule has 0 unspecified atom stereocenters. The summed E-state index contributed by atoms with van der Waals surface area (Å²) in [6, 6.07) is 10.3. The lowest BCUT2D eigenvalue weighted by Crippen LogP contribution is -2.62. The van der Waals surface area contributed by atoms with Crippen molar-refractivity contribution in [1.82, 2.24) is 0 Å². The highest BCUT2D eigenvalue weighted by Gasteiger charge is 2.71. The molecule has 4 rings (SSSR count). The first-order valence-electron chi connectivity index (χ1n) is 9.95. The summed E-state index contributed by atoms with van der Waals surface area (Å²) in [7, 11) is 2.36. The zero-order valence-electron chi connectivity index (χ0n) is 15.7. The summed E-state index contributed by atoms with van der Waals surface area (Å²) in [5, 5.41) is 9.70. The van der Waals surface area contributed by atoms with Gasteiger partial charge in [0.15, 0.2) is 0 Å². The van der Waals surface area contributed by atoms with Crippen molar-refractivity contribution in [2.75, 3.05) is 20.2 Å². The lowest BCUT2D eigenvalue weighted by Gasteiger charge is -2.48. The third-order valence-corrected chi connectivity index (χ3v) is 6.79. The van der Waals surface area contributed by atoms with E-state index in [0.717, 1.165) is 22.9 Å². The molecule has 0 aromatic heterocycles. The number of morpholine rings is 1. The topological polar surface area (TPSA) is 59.1 Å².